The van der Waals surface area contributed by atoms with Crippen LogP contribution in [0.5, 0.6) is 17.2 Å². The Labute approximate surface area is 209 Å². The molecule has 196 valence electrons. The number of ether oxygens (including phenoxy) is 3. The number of methoxy groups -OCH3 is 3. The van der Waals surface area contributed by atoms with Crippen molar-refractivity contribution in [2.24, 2.45) is 0 Å². The van der Waals surface area contributed by atoms with Crippen LogP contribution in [0.15, 0.2) is 12.1 Å². The maximum atomic E-state index is 13.2. The number of amides is 1. The fourth-order valence-electron chi connectivity index (χ4n) is 3.84. The van der Waals surface area contributed by atoms with Gasteiger partial charge in [0, 0.05) is 18.6 Å². The van der Waals surface area contributed by atoms with E-state index in [1.54, 1.807) is 33.1 Å². The molecule has 35 heavy (non-hydrogen) atoms. The highest BCUT2D eigenvalue weighted by Crippen LogP contribution is 2.39. The van der Waals surface area contributed by atoms with E-state index in [9.17, 15) is 4.79 Å². The summed E-state index contributed by atoms with van der Waals surface area (Å²) in [4.78, 5) is 14.6. The van der Waals surface area contributed by atoms with Crippen molar-refractivity contribution in [3.8, 4) is 17.2 Å². The van der Waals surface area contributed by atoms with Gasteiger partial charge in [0.15, 0.2) is 11.4 Å². The molecular weight excluding hydrogens is 446 g/mol. The first-order chi connectivity index (χ1) is 16.9. The molecule has 0 aliphatic rings. The average molecular weight is 490 g/mol. The number of carbonyl (C=O) groups is 1. The minimum atomic E-state index is -1.07. The minimum absolute atomic E-state index is 0.317. The molecule has 9 heteroatoms. The molecule has 0 radical (unpaired) electrons. The highest BCUT2D eigenvalue weighted by Gasteiger charge is 2.34. The number of rotatable bonds is 17. The number of unbranched alkanes of at least 4 members (excludes halogenated alkanes) is 9. The summed E-state index contributed by atoms with van der Waals surface area (Å²) < 4.78 is 16.1. The summed E-state index contributed by atoms with van der Waals surface area (Å²) in [6.07, 6.45) is 13.5. The second-order valence-corrected chi connectivity index (χ2v) is 9.35. The number of hydrogen-bond donors (Lipinski definition) is 1. The zero-order valence-corrected chi connectivity index (χ0v) is 22.4. The van der Waals surface area contributed by atoms with Crippen LogP contribution in [0.4, 0.5) is 5.69 Å². The van der Waals surface area contributed by atoms with Gasteiger partial charge >= 0.3 is 0 Å². The van der Waals surface area contributed by atoms with Gasteiger partial charge in [0.25, 0.3) is 5.91 Å². The molecule has 0 atom stereocenters. The lowest BCUT2D eigenvalue weighted by Gasteiger charge is -2.23. The molecule has 0 spiro atoms. The maximum Gasteiger partial charge on any atom is 0.253 e. The molecule has 1 aromatic heterocycles. The first-order valence-electron chi connectivity index (χ1n) is 12.8. The predicted octanol–water partition coefficient (Wildman–Crippen LogP) is 5.54. The van der Waals surface area contributed by atoms with Gasteiger partial charge in [0.1, 0.15) is 22.9 Å². The maximum absolute atomic E-state index is 13.2. The monoisotopic (exact) mass is 489 g/mol. The fourth-order valence-corrected chi connectivity index (χ4v) is 3.84. The van der Waals surface area contributed by atoms with Gasteiger partial charge in [0.05, 0.1) is 21.3 Å². The van der Waals surface area contributed by atoms with Crippen LogP contribution in [0.25, 0.3) is 0 Å². The second-order valence-electron chi connectivity index (χ2n) is 9.35. The van der Waals surface area contributed by atoms with Crippen LogP contribution in [0.2, 0.25) is 0 Å². The highest BCUT2D eigenvalue weighted by molar-refractivity contribution is 5.98. The number of aryl methyl sites for hydroxylation is 1. The molecule has 0 saturated carbocycles. The van der Waals surface area contributed by atoms with Gasteiger partial charge in [0.2, 0.25) is 0 Å². The molecule has 1 amide bonds. The number of anilines is 1. The van der Waals surface area contributed by atoms with Gasteiger partial charge in [-0.05, 0) is 25.5 Å². The topological polar surface area (TPSA) is 100 Å². The number of hydrogen-bond acceptors (Lipinski definition) is 7. The third-order valence-corrected chi connectivity index (χ3v) is 6.22. The van der Waals surface area contributed by atoms with Crippen molar-refractivity contribution >= 4 is 11.6 Å². The van der Waals surface area contributed by atoms with Gasteiger partial charge in [-0.1, -0.05) is 64.7 Å². The van der Waals surface area contributed by atoms with E-state index in [4.69, 9.17) is 14.2 Å². The number of aromatic nitrogens is 4. The summed E-state index contributed by atoms with van der Waals surface area (Å²) in [5.74, 6) is 1.76. The Morgan fingerprint density at radius 2 is 1.43 bits per heavy atom. The van der Waals surface area contributed by atoms with Crippen LogP contribution in [0.3, 0.4) is 0 Å². The van der Waals surface area contributed by atoms with E-state index < -0.39 is 5.54 Å². The van der Waals surface area contributed by atoms with E-state index in [0.29, 0.717) is 28.8 Å². The smallest absolute Gasteiger partial charge is 0.253 e. The summed E-state index contributed by atoms with van der Waals surface area (Å²) in [5.41, 5.74) is -0.654. The zero-order valence-electron chi connectivity index (χ0n) is 22.4. The number of nitrogens with zero attached hydrogens (tertiary/aromatic N) is 4. The lowest BCUT2D eigenvalue weighted by atomic mass is 10.1. The van der Waals surface area contributed by atoms with Crippen LogP contribution in [-0.2, 0) is 16.8 Å². The zero-order chi connectivity index (χ0) is 25.7. The van der Waals surface area contributed by atoms with Crippen molar-refractivity contribution in [3.63, 3.8) is 0 Å². The molecule has 1 aromatic carbocycles. The van der Waals surface area contributed by atoms with Crippen LogP contribution in [-0.4, -0.2) is 47.4 Å². The van der Waals surface area contributed by atoms with E-state index in [2.05, 4.69) is 27.7 Å². The summed E-state index contributed by atoms with van der Waals surface area (Å²) in [6, 6.07) is 3.37. The van der Waals surface area contributed by atoms with Crippen molar-refractivity contribution in [1.82, 2.24) is 20.2 Å². The Hall–Kier alpha value is -2.84. The fraction of sp³-hybridized carbons (Fsp3) is 0.692. The molecule has 2 rings (SSSR count). The van der Waals surface area contributed by atoms with Gasteiger partial charge in [-0.15, -0.1) is 15.0 Å². The first kappa shape index (κ1) is 28.4. The first-order valence-corrected chi connectivity index (χ1v) is 12.8. The summed E-state index contributed by atoms with van der Waals surface area (Å²) in [6.45, 7) is 5.74. The highest BCUT2D eigenvalue weighted by atomic mass is 16.5. The standard InChI is InChI=1S/C26H43N5O4/c1-7-8-9-10-11-12-13-14-15-16-17-23-28-30-31(29-23)26(2,3)25(32)27-24-21(34-5)18-20(33-4)19-22(24)35-6/h18-19H,7-17H2,1-6H3,(H,27,32). The van der Waals surface area contributed by atoms with Gasteiger partial charge in [-0.2, -0.15) is 0 Å². The Morgan fingerprint density at radius 3 is 1.94 bits per heavy atom. The van der Waals surface area contributed by atoms with E-state index in [-0.39, 0.29) is 5.91 Å². The third kappa shape index (κ3) is 8.40. The summed E-state index contributed by atoms with van der Waals surface area (Å²) >= 11 is 0. The van der Waals surface area contributed by atoms with Crippen LogP contribution >= 0.6 is 0 Å². The summed E-state index contributed by atoms with van der Waals surface area (Å²) in [7, 11) is 4.60. The Bertz CT molecular complexity index is 888. The molecule has 0 saturated heterocycles. The SMILES string of the molecule is CCCCCCCCCCCCc1nnn(C(C)(C)C(=O)Nc2c(OC)cc(OC)cc2OC)n1. The van der Waals surface area contributed by atoms with Crippen molar-refractivity contribution in [3.05, 3.63) is 18.0 Å². The third-order valence-electron chi connectivity index (χ3n) is 6.22. The molecule has 9 nitrogen and oxygen atoms in total. The molecule has 0 unspecified atom stereocenters. The Balaban J connectivity index is 1.88. The van der Waals surface area contributed by atoms with E-state index in [1.165, 1.54) is 70.4 Å². The molecule has 0 aliphatic carbocycles. The van der Waals surface area contributed by atoms with Crippen molar-refractivity contribution < 1.29 is 19.0 Å². The van der Waals surface area contributed by atoms with E-state index in [1.807, 2.05) is 0 Å². The largest absolute Gasteiger partial charge is 0.496 e. The molecule has 0 fully saturated rings. The van der Waals surface area contributed by atoms with Crippen LogP contribution < -0.4 is 19.5 Å². The lowest BCUT2D eigenvalue weighted by molar-refractivity contribution is -0.124. The van der Waals surface area contributed by atoms with Crippen LogP contribution in [0, 0.1) is 0 Å². The molecule has 1 N–H and O–H groups in total. The molecule has 0 bridgehead atoms. The van der Waals surface area contributed by atoms with E-state index >= 15 is 0 Å². The number of carbonyl (C=O) groups excluding carboxylic acids is 1. The van der Waals surface area contributed by atoms with E-state index in [0.717, 1.165) is 19.3 Å². The van der Waals surface area contributed by atoms with Crippen LogP contribution in [0.1, 0.15) is 90.8 Å². The number of nitrogens with one attached hydrogen (secondary N) is 1. The average Bonchev–Trinajstić information content (AvgIpc) is 3.35. The lowest BCUT2D eigenvalue weighted by Crippen LogP contribution is -2.42. The molecule has 2 aromatic rings. The van der Waals surface area contributed by atoms with Crippen molar-refractivity contribution in [2.75, 3.05) is 26.6 Å². The Morgan fingerprint density at radius 1 is 0.886 bits per heavy atom. The predicted molar refractivity (Wildman–Crippen MR) is 137 cm³/mol. The molecule has 0 aliphatic heterocycles. The van der Waals surface area contributed by atoms with Crippen molar-refractivity contribution in [2.45, 2.75) is 96.9 Å². The molecular formula is C26H43N5O4. The molecule has 1 heterocycles. The number of tetrazole rings is 1. The van der Waals surface area contributed by atoms with Crippen molar-refractivity contribution in [1.29, 1.82) is 0 Å². The minimum Gasteiger partial charge on any atom is -0.496 e. The van der Waals surface area contributed by atoms with Gasteiger partial charge in [-0.3, -0.25) is 4.79 Å². The van der Waals surface area contributed by atoms with Gasteiger partial charge < -0.3 is 19.5 Å². The second kappa shape index (κ2) is 14.5. The van der Waals surface area contributed by atoms with Gasteiger partial charge in [-0.25, -0.2) is 0 Å². The number of benzene rings is 1. The normalized spacial score (nSPS) is 11.4. The Kier molecular flexibility index (Phi) is 11.8. The summed E-state index contributed by atoms with van der Waals surface area (Å²) in [5, 5.41) is 15.7. The quantitative estimate of drug-likeness (QED) is 0.291.